The summed E-state index contributed by atoms with van der Waals surface area (Å²) < 4.78 is 12.8. The number of carbonyl (C=O) groups is 2. The molecule has 2 aliphatic rings. The van der Waals surface area contributed by atoms with Gasteiger partial charge in [0.25, 0.3) is 5.91 Å². The lowest BCUT2D eigenvalue weighted by molar-refractivity contribution is -0.119. The number of urea groups is 1. The summed E-state index contributed by atoms with van der Waals surface area (Å²) in [4.78, 5) is 35.1. The predicted octanol–water partition coefficient (Wildman–Crippen LogP) is -1.40. The van der Waals surface area contributed by atoms with E-state index < -0.39 is 42.0 Å². The molecule has 3 amide bonds. The maximum atomic E-state index is 11.5. The van der Waals surface area contributed by atoms with Crippen molar-refractivity contribution in [2.45, 2.75) is 43.9 Å². The number of nitrogens with zero attached hydrogens (tertiary/aromatic N) is 4. The molecule has 4 rings (SSSR count). The van der Waals surface area contributed by atoms with Gasteiger partial charge in [-0.2, -0.15) is 4.98 Å². The smallest absolute Gasteiger partial charge is 0.322 e. The molecule has 162 valence electrons. The molecule has 13 nitrogen and oxygen atoms in total. The quantitative estimate of drug-likeness (QED) is 0.202. The van der Waals surface area contributed by atoms with Gasteiger partial charge in [-0.25, -0.2) is 14.8 Å². The number of nitrogens with one attached hydrogen (secondary N) is 2. The Bertz CT molecular complexity index is 998. The van der Waals surface area contributed by atoms with Crippen LogP contribution in [0, 0.1) is 6.92 Å². The Morgan fingerprint density at radius 2 is 2.20 bits per heavy atom. The number of aliphatic hydroxyl groups is 2. The molecule has 30 heavy (non-hydrogen) atoms. The van der Waals surface area contributed by atoms with Crippen LogP contribution in [0.1, 0.15) is 18.8 Å². The number of nitrogen functional groups attached to an aromatic ring is 1. The zero-order valence-corrected chi connectivity index (χ0v) is 16.9. The first-order valence-corrected chi connectivity index (χ1v) is 9.98. The summed E-state index contributed by atoms with van der Waals surface area (Å²) >= 11 is 0.946. The van der Waals surface area contributed by atoms with E-state index in [1.165, 1.54) is 17.8 Å². The molecule has 2 fully saturated rings. The molecule has 0 bridgehead atoms. The van der Waals surface area contributed by atoms with Crippen LogP contribution in [0.2, 0.25) is 0 Å². The molecule has 0 aromatic carbocycles. The Hall–Kier alpha value is -2.52. The molecule has 2 aromatic heterocycles. The molecule has 2 aromatic rings. The van der Waals surface area contributed by atoms with Crippen LogP contribution in [-0.2, 0) is 13.7 Å². The molecule has 0 radical (unpaired) electrons. The van der Waals surface area contributed by atoms with Crippen molar-refractivity contribution in [3.05, 3.63) is 12.0 Å². The van der Waals surface area contributed by atoms with Crippen molar-refractivity contribution in [1.29, 1.82) is 0 Å². The first kappa shape index (κ1) is 20.7. The maximum absolute atomic E-state index is 11.5. The molecule has 0 unspecified atom stereocenters. The summed E-state index contributed by atoms with van der Waals surface area (Å²) in [5.41, 5.74) is 5.52. The van der Waals surface area contributed by atoms with Crippen LogP contribution in [0.15, 0.2) is 6.33 Å². The first-order valence-electron chi connectivity index (χ1n) is 9.06. The zero-order chi connectivity index (χ0) is 21.6. The molecular formula is C16H21N7O6S. The molecule has 4 heterocycles. The number of fused-ring (bicyclic) bond motifs is 1. The number of aliphatic hydroxyl groups excluding tert-OH is 1. The highest BCUT2D eigenvalue weighted by molar-refractivity contribution is 7.94. The molecule has 6 N–H and O–H groups in total. The first-order chi connectivity index (χ1) is 14.2. The second-order valence-corrected chi connectivity index (χ2v) is 8.08. The van der Waals surface area contributed by atoms with E-state index in [-0.39, 0.29) is 18.3 Å². The normalized spacial score (nSPS) is 31.3. The van der Waals surface area contributed by atoms with Crippen molar-refractivity contribution in [3.63, 3.8) is 0 Å². The van der Waals surface area contributed by atoms with Gasteiger partial charge in [0.2, 0.25) is 5.95 Å². The summed E-state index contributed by atoms with van der Waals surface area (Å²) in [5.74, 6) is -0.193. The number of aromatic nitrogens is 4. The van der Waals surface area contributed by atoms with Crippen molar-refractivity contribution < 1.29 is 28.7 Å². The van der Waals surface area contributed by atoms with Gasteiger partial charge >= 0.3 is 6.03 Å². The van der Waals surface area contributed by atoms with Crippen LogP contribution >= 0.6 is 12.0 Å². The number of nitrogens with two attached hydrogens (primary N) is 1. The minimum Gasteiger partial charge on any atom is -0.387 e. The predicted molar refractivity (Wildman–Crippen MR) is 104 cm³/mol. The SMILES string of the molecule is Cc1nc(N)nc2c1ncn2[C@@H]1O[C@H](COSC[C@@H]2NC(=O)NC2=O)[C@@H](O)[C@@]1(C)O. The lowest BCUT2D eigenvalue weighted by Crippen LogP contribution is -2.44. The van der Waals surface area contributed by atoms with E-state index in [2.05, 4.69) is 25.6 Å². The van der Waals surface area contributed by atoms with Crippen LogP contribution in [-0.4, -0.2) is 77.9 Å². The van der Waals surface area contributed by atoms with Gasteiger partial charge in [-0.05, 0) is 25.9 Å². The van der Waals surface area contributed by atoms with Crippen LogP contribution < -0.4 is 16.4 Å². The average Bonchev–Trinajstić information content (AvgIpc) is 3.28. The summed E-state index contributed by atoms with van der Waals surface area (Å²) in [6.07, 6.45) is -1.68. The fraction of sp³-hybridized carbons (Fsp3) is 0.562. The summed E-state index contributed by atoms with van der Waals surface area (Å²) in [6, 6.07) is -1.25. The third-order valence-corrected chi connectivity index (χ3v) is 5.80. The second-order valence-electron chi connectivity index (χ2n) is 7.27. The van der Waals surface area contributed by atoms with Gasteiger partial charge in [-0.15, -0.1) is 0 Å². The van der Waals surface area contributed by atoms with Gasteiger partial charge in [0.15, 0.2) is 11.9 Å². The van der Waals surface area contributed by atoms with Gasteiger partial charge in [-0.3, -0.25) is 14.7 Å². The monoisotopic (exact) mass is 439 g/mol. The molecule has 2 saturated heterocycles. The van der Waals surface area contributed by atoms with Crippen molar-refractivity contribution >= 4 is 41.1 Å². The van der Waals surface area contributed by atoms with Gasteiger partial charge in [-0.1, -0.05) is 0 Å². The Labute approximate surface area is 174 Å². The number of hydrogen-bond donors (Lipinski definition) is 5. The Balaban J connectivity index is 1.43. The van der Waals surface area contributed by atoms with Crippen LogP contribution in [0.5, 0.6) is 0 Å². The third-order valence-electron chi connectivity index (χ3n) is 5.03. The largest absolute Gasteiger partial charge is 0.387 e. The number of carbonyl (C=O) groups excluding carboxylic acids is 2. The van der Waals surface area contributed by atoms with Gasteiger partial charge < -0.3 is 30.2 Å². The Kier molecular flexibility index (Phi) is 5.27. The van der Waals surface area contributed by atoms with Gasteiger partial charge in [0, 0.05) is 5.75 Å². The summed E-state index contributed by atoms with van der Waals surface area (Å²) in [5, 5.41) is 26.1. The van der Waals surface area contributed by atoms with E-state index in [1.54, 1.807) is 6.92 Å². The molecule has 5 atom stereocenters. The number of rotatable bonds is 6. The number of amides is 3. The molecule has 2 aliphatic heterocycles. The van der Waals surface area contributed by atoms with E-state index in [1.807, 2.05) is 0 Å². The van der Waals surface area contributed by atoms with Crippen LogP contribution in [0.25, 0.3) is 11.2 Å². The van der Waals surface area contributed by atoms with E-state index >= 15 is 0 Å². The van der Waals surface area contributed by atoms with Crippen molar-refractivity contribution in [2.24, 2.45) is 0 Å². The van der Waals surface area contributed by atoms with Gasteiger partial charge in [0.05, 0.1) is 18.6 Å². The Morgan fingerprint density at radius 1 is 1.43 bits per heavy atom. The lowest BCUT2D eigenvalue weighted by Gasteiger charge is -2.27. The number of imidazole rings is 1. The molecule has 0 saturated carbocycles. The highest BCUT2D eigenvalue weighted by Crippen LogP contribution is 2.40. The number of ether oxygens (including phenoxy) is 1. The van der Waals surface area contributed by atoms with Gasteiger partial charge in [0.1, 0.15) is 29.4 Å². The molecule has 14 heteroatoms. The summed E-state index contributed by atoms with van der Waals surface area (Å²) in [7, 11) is 0. The maximum Gasteiger partial charge on any atom is 0.322 e. The van der Waals surface area contributed by atoms with E-state index in [0.717, 1.165) is 12.0 Å². The zero-order valence-electron chi connectivity index (χ0n) is 16.1. The number of imide groups is 1. The van der Waals surface area contributed by atoms with Crippen molar-refractivity contribution in [1.82, 2.24) is 30.2 Å². The molecule has 0 aliphatic carbocycles. The molecule has 0 spiro atoms. The highest BCUT2D eigenvalue weighted by Gasteiger charge is 2.53. The van der Waals surface area contributed by atoms with Crippen molar-refractivity contribution in [2.75, 3.05) is 18.1 Å². The minimum absolute atomic E-state index is 0.0549. The van der Waals surface area contributed by atoms with Crippen LogP contribution in [0.3, 0.4) is 0 Å². The number of anilines is 1. The number of hydrogen-bond acceptors (Lipinski definition) is 11. The van der Waals surface area contributed by atoms with Crippen LogP contribution in [0.4, 0.5) is 10.7 Å². The summed E-state index contributed by atoms with van der Waals surface area (Å²) in [6.45, 7) is 3.11. The standard InChI is InChI=1S/C16H21N7O6S/c1-6-9-11(21-14(17)19-6)23(5-18-9)13-16(2,27)10(24)8(29-13)3-28-30-4-7-12(25)22-15(26)20-7/h5,7-8,10,13,24,27H,3-4H2,1-2H3,(H2,17,19,21)(H2,20,22,25,26)/t7-,8+,10+,13+,16+/m0/s1. The molecular weight excluding hydrogens is 418 g/mol. The fourth-order valence-corrected chi connectivity index (χ4v) is 4.13. The van der Waals surface area contributed by atoms with Crippen molar-refractivity contribution in [3.8, 4) is 0 Å². The average molecular weight is 439 g/mol. The van der Waals surface area contributed by atoms with E-state index in [4.69, 9.17) is 14.7 Å². The minimum atomic E-state index is -1.67. The lowest BCUT2D eigenvalue weighted by atomic mass is 9.96. The third kappa shape index (κ3) is 3.56. The number of aryl methyl sites for hydroxylation is 1. The van der Waals surface area contributed by atoms with E-state index in [9.17, 15) is 19.8 Å². The Morgan fingerprint density at radius 3 is 2.90 bits per heavy atom. The topological polar surface area (TPSA) is 187 Å². The fourth-order valence-electron chi connectivity index (χ4n) is 3.44. The van der Waals surface area contributed by atoms with E-state index in [0.29, 0.717) is 16.9 Å². The second kappa shape index (κ2) is 7.63. The highest BCUT2D eigenvalue weighted by atomic mass is 32.2.